The van der Waals surface area contributed by atoms with E-state index in [1.165, 1.54) is 57.7 Å². The third-order valence-electron chi connectivity index (χ3n) is 11.9. The number of hydrogen-bond donors (Lipinski definition) is 3. The lowest BCUT2D eigenvalue weighted by molar-refractivity contribution is -0.140. The van der Waals surface area contributed by atoms with Gasteiger partial charge in [-0.2, -0.15) is 0 Å². The summed E-state index contributed by atoms with van der Waals surface area (Å²) >= 11 is 0. The smallest absolute Gasteiger partial charge is 0.416 e. The van der Waals surface area contributed by atoms with Crippen LogP contribution in [0.15, 0.2) is 98.1 Å². The Bertz CT molecular complexity index is 2560. The number of nitrogens with zero attached hydrogens (tertiary/aromatic N) is 4. The lowest BCUT2D eigenvalue weighted by atomic mass is 9.93. The Morgan fingerprint density at radius 2 is 1.13 bits per heavy atom. The van der Waals surface area contributed by atoms with Crippen molar-refractivity contribution in [3.63, 3.8) is 0 Å². The first-order valence-electron chi connectivity index (χ1n) is 21.4. The van der Waals surface area contributed by atoms with Crippen molar-refractivity contribution in [2.24, 2.45) is 0 Å². The Labute approximate surface area is 386 Å². The maximum Gasteiger partial charge on any atom is 0.416 e. The predicted octanol–water partition coefficient (Wildman–Crippen LogP) is 5.48. The van der Waals surface area contributed by atoms with E-state index in [2.05, 4.69) is 17.9 Å². The first-order valence-corrected chi connectivity index (χ1v) is 21.4. The van der Waals surface area contributed by atoms with E-state index in [9.17, 15) is 39.3 Å². The van der Waals surface area contributed by atoms with E-state index in [0.29, 0.717) is 19.3 Å². The van der Waals surface area contributed by atoms with Gasteiger partial charge in [0.05, 0.1) is 62.5 Å². The van der Waals surface area contributed by atoms with Crippen molar-refractivity contribution < 1.29 is 67.7 Å². The minimum atomic E-state index is -1.39. The van der Waals surface area contributed by atoms with Gasteiger partial charge in [0.2, 0.25) is 0 Å². The number of carbonyl (C=O) groups excluding carboxylic acids is 5. The fourth-order valence-electron chi connectivity index (χ4n) is 8.61. The van der Waals surface area contributed by atoms with Gasteiger partial charge in [-0.25, -0.2) is 19.4 Å². The van der Waals surface area contributed by atoms with Crippen molar-refractivity contribution in [3.05, 3.63) is 131 Å². The fourth-order valence-corrected chi connectivity index (χ4v) is 8.61. The topological polar surface area (TPSA) is 214 Å². The highest BCUT2D eigenvalue weighted by Gasteiger charge is 2.47. The van der Waals surface area contributed by atoms with E-state index in [-0.39, 0.29) is 103 Å². The number of rotatable bonds is 11. The summed E-state index contributed by atoms with van der Waals surface area (Å²) < 4.78 is 31.6. The van der Waals surface area contributed by atoms with Crippen LogP contribution in [0.2, 0.25) is 0 Å². The highest BCUT2D eigenvalue weighted by atomic mass is 16.6. The van der Waals surface area contributed by atoms with E-state index in [0.717, 1.165) is 32.1 Å². The van der Waals surface area contributed by atoms with E-state index in [4.69, 9.17) is 23.7 Å². The third-order valence-corrected chi connectivity index (χ3v) is 11.9. The molecule has 0 bridgehead atoms. The molecule has 4 aromatic carbocycles. The molecule has 18 nitrogen and oxygen atoms in total. The second-order valence-electron chi connectivity index (χ2n) is 15.8. The summed E-state index contributed by atoms with van der Waals surface area (Å²) in [4.78, 5) is 69.9. The van der Waals surface area contributed by atoms with Crippen molar-refractivity contribution in [2.45, 2.75) is 63.3 Å². The molecule has 0 saturated carbocycles. The molecule has 2 unspecified atom stereocenters. The largest absolute Gasteiger partial charge is 0.504 e. The molecule has 352 valence electrons. The molecule has 0 saturated heterocycles. The predicted molar refractivity (Wildman–Crippen MR) is 242 cm³/mol. The summed E-state index contributed by atoms with van der Waals surface area (Å²) in [6.45, 7) is 7.68. The molecular weight excluding hydrogens is 869 g/mol. The van der Waals surface area contributed by atoms with Crippen LogP contribution < -0.4 is 24.0 Å². The van der Waals surface area contributed by atoms with Gasteiger partial charge >= 0.3 is 18.2 Å². The number of esters is 1. The van der Waals surface area contributed by atoms with Crippen molar-refractivity contribution in [1.82, 2.24) is 9.80 Å². The average Bonchev–Trinajstić information content (AvgIpc) is 3.48. The summed E-state index contributed by atoms with van der Waals surface area (Å²) in [7, 11) is 4.12. The number of aromatic hydroxyl groups is 1. The number of fused-ring (bicyclic) bond motifs is 6. The molecule has 4 amide bonds. The molecule has 67 heavy (non-hydrogen) atoms. The lowest BCUT2D eigenvalue weighted by Gasteiger charge is -2.39. The van der Waals surface area contributed by atoms with Crippen LogP contribution in [0, 0.1) is 0 Å². The van der Waals surface area contributed by atoms with Crippen LogP contribution in [0.4, 0.5) is 21.0 Å². The van der Waals surface area contributed by atoms with Crippen LogP contribution in [-0.4, -0.2) is 121 Å². The average molecular weight is 921 g/mol. The van der Waals surface area contributed by atoms with Crippen LogP contribution in [0.25, 0.3) is 0 Å². The molecule has 0 radical (unpaired) electrons. The van der Waals surface area contributed by atoms with Gasteiger partial charge in [-0.15, -0.1) is 0 Å². The van der Waals surface area contributed by atoms with Crippen LogP contribution in [0.3, 0.4) is 0 Å². The van der Waals surface area contributed by atoms with Gasteiger partial charge < -0.3 is 53.5 Å². The summed E-state index contributed by atoms with van der Waals surface area (Å²) in [6, 6.07) is 19.5. The molecular formula is C49H52N4O14. The van der Waals surface area contributed by atoms with Gasteiger partial charge in [-0.05, 0) is 53.6 Å². The Morgan fingerprint density at radius 1 is 0.672 bits per heavy atom. The number of aliphatic hydroxyl groups is 2. The highest BCUT2D eigenvalue weighted by molar-refractivity contribution is 6.07. The maximum atomic E-state index is 13.8. The van der Waals surface area contributed by atoms with Crippen molar-refractivity contribution in [2.75, 3.05) is 50.9 Å². The van der Waals surface area contributed by atoms with Gasteiger partial charge in [0.15, 0.2) is 35.5 Å². The molecule has 0 fully saturated rings. The van der Waals surface area contributed by atoms with Gasteiger partial charge in [0.25, 0.3) is 11.8 Å². The Balaban J connectivity index is 0.000000203. The van der Waals surface area contributed by atoms with Gasteiger partial charge in [0.1, 0.15) is 13.2 Å². The quantitative estimate of drug-likeness (QED) is 0.0736. The third kappa shape index (κ3) is 9.57. The molecule has 4 heterocycles. The molecule has 4 atom stereocenters. The number of amides is 4. The van der Waals surface area contributed by atoms with Gasteiger partial charge in [0, 0.05) is 31.6 Å². The Kier molecular flexibility index (Phi) is 14.7. The summed E-state index contributed by atoms with van der Waals surface area (Å²) in [5.74, 6) is -0.748. The molecule has 4 aromatic rings. The summed E-state index contributed by atoms with van der Waals surface area (Å²) in [5, 5.41) is 33.0. The zero-order valence-electron chi connectivity index (χ0n) is 37.3. The molecule has 4 aliphatic rings. The number of phenolic OH excluding ortho intramolecular Hbond substituents is 1. The van der Waals surface area contributed by atoms with Gasteiger partial charge in [-0.1, -0.05) is 73.8 Å². The van der Waals surface area contributed by atoms with Crippen molar-refractivity contribution >= 4 is 41.3 Å². The molecule has 0 aliphatic carbocycles. The van der Waals surface area contributed by atoms with Crippen LogP contribution in [0.5, 0.6) is 23.0 Å². The number of carbonyl (C=O) groups is 5. The number of ether oxygens (including phenoxy) is 6. The minimum Gasteiger partial charge on any atom is -0.504 e. The summed E-state index contributed by atoms with van der Waals surface area (Å²) in [5.41, 5.74) is 4.42. The first kappa shape index (κ1) is 47.4. The molecule has 3 N–H and O–H groups in total. The monoisotopic (exact) mass is 920 g/mol. The second-order valence-corrected chi connectivity index (χ2v) is 15.8. The second kappa shape index (κ2) is 20.7. The molecule has 8 rings (SSSR count). The number of methoxy groups -OCH3 is 3. The van der Waals surface area contributed by atoms with Gasteiger partial charge in [-0.3, -0.25) is 14.4 Å². The first-order chi connectivity index (χ1) is 32.3. The SMILES string of the molecule is C=CCOC(=O)N1c2cc(O)c(OC)cc2C(=O)N2Cc3ccccc3C[C@H]2C1O.C=CCOC(=O)N1c2cc(OCCCC(=O)OC)c(OC)cc2C(=O)N2Cc3ccccc3C[C@H]2C1O. The normalized spacial score (nSPS) is 18.9. The van der Waals surface area contributed by atoms with E-state index >= 15 is 0 Å². The molecule has 0 spiro atoms. The number of benzene rings is 4. The van der Waals surface area contributed by atoms with E-state index in [1.54, 1.807) is 9.80 Å². The van der Waals surface area contributed by atoms with Crippen molar-refractivity contribution in [3.8, 4) is 23.0 Å². The highest BCUT2D eigenvalue weighted by Crippen LogP contribution is 2.43. The Hall–Kier alpha value is -7.57. The zero-order chi connectivity index (χ0) is 47.9. The number of phenols is 1. The summed E-state index contributed by atoms with van der Waals surface area (Å²) in [6.07, 6.45) is -0.353. The lowest BCUT2D eigenvalue weighted by Crippen LogP contribution is -2.55. The molecule has 18 heteroatoms. The maximum absolute atomic E-state index is 13.8. The molecule has 0 aromatic heterocycles. The standard InChI is InChI=1S/C27H30N2O8.C22H22N2O6/c1-4-11-37-27(33)29-20-15-23(36-12-7-10-24(30)35-3)22(34-2)14-19(20)25(31)28-16-18-9-6-5-8-17(18)13-21(28)26(29)32;1-3-8-30-22(28)24-16-11-18(25)19(29-2)10-15(16)20(26)23-12-14-7-5-4-6-13(14)9-17(23)21(24)27/h4-6,8-9,14-15,21,26,32H,1,7,10-13,16H2,2-3H3;3-7,10-11,17,21,25,27H,1,8-9,12H2,2H3/t21-,26?;17-,21?/m00/s1. The van der Waals surface area contributed by atoms with E-state index < -0.39 is 36.7 Å². The molecule has 4 aliphatic heterocycles. The fraction of sp³-hybridized carbons (Fsp3) is 0.327. The van der Waals surface area contributed by atoms with Crippen LogP contribution in [-0.2, 0) is 44.9 Å². The van der Waals surface area contributed by atoms with E-state index in [1.807, 2.05) is 48.5 Å². The van der Waals surface area contributed by atoms with Crippen LogP contribution >= 0.6 is 0 Å². The Morgan fingerprint density at radius 3 is 1.60 bits per heavy atom. The number of anilines is 2. The number of hydrogen-bond acceptors (Lipinski definition) is 14. The van der Waals surface area contributed by atoms with Crippen molar-refractivity contribution in [1.29, 1.82) is 0 Å². The zero-order valence-corrected chi connectivity index (χ0v) is 37.3. The number of aliphatic hydroxyl groups excluding tert-OH is 2. The van der Waals surface area contributed by atoms with Crippen LogP contribution in [0.1, 0.15) is 55.8 Å². The minimum absolute atomic E-state index is 0.0540.